The molecule has 1 atom stereocenters. The van der Waals surface area contributed by atoms with Crippen LogP contribution < -0.4 is 19.5 Å². The van der Waals surface area contributed by atoms with Crippen LogP contribution in [0.5, 0.6) is 17.2 Å². The van der Waals surface area contributed by atoms with Gasteiger partial charge in [0.25, 0.3) is 0 Å². The maximum Gasteiger partial charge on any atom is 0.323 e. The van der Waals surface area contributed by atoms with Gasteiger partial charge in [-0.2, -0.15) is 0 Å². The zero-order chi connectivity index (χ0) is 22.3. The van der Waals surface area contributed by atoms with Crippen LogP contribution in [-0.4, -0.2) is 37.4 Å². The molecule has 2 amide bonds. The van der Waals surface area contributed by atoms with Gasteiger partial charge in [0.15, 0.2) is 11.5 Å². The predicted octanol–water partition coefficient (Wildman–Crippen LogP) is 5.56. The molecular weight excluding hydrogens is 424 g/mol. The van der Waals surface area contributed by atoms with Crippen molar-refractivity contribution in [3.05, 3.63) is 83.9 Å². The Hall–Kier alpha value is -3.32. The van der Waals surface area contributed by atoms with Crippen LogP contribution in [0, 0.1) is 0 Å². The number of ether oxygens (including phenoxy) is 3. The molecule has 6 nitrogen and oxygen atoms in total. The highest BCUT2D eigenvalue weighted by molar-refractivity contribution is 7.99. The summed E-state index contributed by atoms with van der Waals surface area (Å²) in [6.45, 7) is 1.11. The summed E-state index contributed by atoms with van der Waals surface area (Å²) in [5.41, 5.74) is 2.78. The molecular formula is C25H26N2O4S. The fourth-order valence-electron chi connectivity index (χ4n) is 3.55. The Labute approximate surface area is 192 Å². The van der Waals surface area contributed by atoms with Crippen LogP contribution in [0.4, 0.5) is 10.5 Å². The fourth-order valence-corrected chi connectivity index (χ4v) is 4.79. The van der Waals surface area contributed by atoms with Gasteiger partial charge in [-0.05, 0) is 35.4 Å². The van der Waals surface area contributed by atoms with Crippen molar-refractivity contribution in [3.8, 4) is 17.2 Å². The van der Waals surface area contributed by atoms with E-state index in [1.54, 1.807) is 32.0 Å². The summed E-state index contributed by atoms with van der Waals surface area (Å²) in [4.78, 5) is 14.9. The average molecular weight is 451 g/mol. The van der Waals surface area contributed by atoms with Gasteiger partial charge in [0.05, 0.1) is 14.2 Å². The lowest BCUT2D eigenvalue weighted by molar-refractivity contribution is 0.214. The minimum atomic E-state index is -0.143. The molecule has 0 aromatic heterocycles. The van der Waals surface area contributed by atoms with Gasteiger partial charge in [0, 0.05) is 24.1 Å². The largest absolute Gasteiger partial charge is 0.497 e. The smallest absolute Gasteiger partial charge is 0.323 e. The number of nitrogens with zero attached hydrogens (tertiary/aromatic N) is 1. The third-order valence-electron chi connectivity index (χ3n) is 5.18. The van der Waals surface area contributed by atoms with Gasteiger partial charge < -0.3 is 24.4 Å². The number of rotatable bonds is 7. The second-order valence-corrected chi connectivity index (χ2v) is 8.45. The number of carbonyl (C=O) groups excluding carboxylic acids is 1. The number of hydrogen-bond acceptors (Lipinski definition) is 5. The quantitative estimate of drug-likeness (QED) is 0.511. The van der Waals surface area contributed by atoms with E-state index in [-0.39, 0.29) is 11.4 Å². The molecule has 7 heteroatoms. The molecule has 0 bridgehead atoms. The second kappa shape index (κ2) is 10.3. The molecule has 0 saturated carbocycles. The van der Waals surface area contributed by atoms with Crippen LogP contribution in [-0.2, 0) is 6.61 Å². The molecule has 0 spiro atoms. The Kier molecular flexibility index (Phi) is 7.07. The van der Waals surface area contributed by atoms with E-state index in [0.29, 0.717) is 36.1 Å². The Bertz CT molecular complexity index is 1060. The lowest BCUT2D eigenvalue weighted by atomic mass is 10.1. The molecule has 3 aromatic rings. The van der Waals surface area contributed by atoms with Crippen molar-refractivity contribution in [2.45, 2.75) is 12.0 Å². The van der Waals surface area contributed by atoms with Crippen LogP contribution in [0.25, 0.3) is 0 Å². The van der Waals surface area contributed by atoms with Gasteiger partial charge in [0.2, 0.25) is 0 Å². The van der Waals surface area contributed by atoms with Crippen LogP contribution in [0.3, 0.4) is 0 Å². The van der Waals surface area contributed by atoms with Crippen LogP contribution >= 0.6 is 11.8 Å². The monoisotopic (exact) mass is 450 g/mol. The van der Waals surface area contributed by atoms with Crippen molar-refractivity contribution in [2.24, 2.45) is 0 Å². The Morgan fingerprint density at radius 1 is 1.00 bits per heavy atom. The third-order valence-corrected chi connectivity index (χ3v) is 6.44. The van der Waals surface area contributed by atoms with Gasteiger partial charge >= 0.3 is 6.03 Å². The zero-order valence-electron chi connectivity index (χ0n) is 18.1. The second-order valence-electron chi connectivity index (χ2n) is 7.26. The van der Waals surface area contributed by atoms with Crippen molar-refractivity contribution in [3.63, 3.8) is 0 Å². The number of methoxy groups -OCH3 is 2. The molecule has 166 valence electrons. The van der Waals surface area contributed by atoms with Crippen molar-refractivity contribution in [1.82, 2.24) is 4.90 Å². The first-order chi connectivity index (χ1) is 15.7. The molecule has 1 N–H and O–H groups in total. The van der Waals surface area contributed by atoms with Gasteiger partial charge in [-0.1, -0.05) is 42.5 Å². The van der Waals surface area contributed by atoms with Crippen molar-refractivity contribution in [2.75, 3.05) is 31.8 Å². The highest BCUT2D eigenvalue weighted by atomic mass is 32.2. The van der Waals surface area contributed by atoms with Crippen molar-refractivity contribution in [1.29, 1.82) is 0 Å². The molecule has 1 aliphatic rings. The number of carbonyl (C=O) groups is 1. The number of anilines is 1. The number of thioether (sulfide) groups is 1. The normalized spacial score (nSPS) is 15.3. The summed E-state index contributed by atoms with van der Waals surface area (Å²) in [6.07, 6.45) is 0. The summed E-state index contributed by atoms with van der Waals surface area (Å²) < 4.78 is 16.8. The topological polar surface area (TPSA) is 60.0 Å². The average Bonchev–Trinajstić information content (AvgIpc) is 3.33. The maximum atomic E-state index is 13.0. The van der Waals surface area contributed by atoms with E-state index in [1.807, 2.05) is 71.6 Å². The van der Waals surface area contributed by atoms with E-state index < -0.39 is 0 Å². The van der Waals surface area contributed by atoms with Gasteiger partial charge in [-0.3, -0.25) is 0 Å². The number of nitrogens with one attached hydrogen (secondary N) is 1. The fraction of sp³-hybridized carbons (Fsp3) is 0.240. The van der Waals surface area contributed by atoms with Crippen molar-refractivity contribution < 1.29 is 19.0 Å². The van der Waals surface area contributed by atoms with E-state index in [0.717, 1.165) is 16.9 Å². The summed E-state index contributed by atoms with van der Waals surface area (Å²) in [5.74, 6) is 2.89. The van der Waals surface area contributed by atoms with Crippen LogP contribution in [0.15, 0.2) is 72.8 Å². The minimum absolute atomic E-state index is 0.106. The highest BCUT2D eigenvalue weighted by Crippen LogP contribution is 2.41. The molecule has 1 fully saturated rings. The molecule has 4 rings (SSSR count). The van der Waals surface area contributed by atoms with Crippen LogP contribution in [0.1, 0.15) is 16.5 Å². The number of benzene rings is 3. The number of amides is 2. The third kappa shape index (κ3) is 5.11. The molecule has 3 aromatic carbocycles. The zero-order valence-corrected chi connectivity index (χ0v) is 18.9. The van der Waals surface area contributed by atoms with E-state index in [1.165, 1.54) is 0 Å². The Morgan fingerprint density at radius 2 is 1.84 bits per heavy atom. The van der Waals surface area contributed by atoms with E-state index >= 15 is 0 Å². The first-order valence-electron chi connectivity index (χ1n) is 10.4. The first kappa shape index (κ1) is 21.9. The summed E-state index contributed by atoms with van der Waals surface area (Å²) in [6, 6.07) is 23.1. The highest BCUT2D eigenvalue weighted by Gasteiger charge is 2.31. The number of urea groups is 1. The summed E-state index contributed by atoms with van der Waals surface area (Å²) in [5, 5.41) is 2.87. The molecule has 0 radical (unpaired) electrons. The van der Waals surface area contributed by atoms with Gasteiger partial charge in [0.1, 0.15) is 17.7 Å². The van der Waals surface area contributed by atoms with E-state index in [4.69, 9.17) is 14.2 Å². The van der Waals surface area contributed by atoms with E-state index in [9.17, 15) is 4.79 Å². The number of hydrogen-bond donors (Lipinski definition) is 1. The molecule has 1 unspecified atom stereocenters. The standard InChI is InChI=1S/C25H26N2O4S/c1-29-21-10-6-9-20(16-21)26-25(28)27-13-14-32-24(27)19-11-12-22(30-2)23(15-19)31-17-18-7-4-3-5-8-18/h3-12,15-16,24H,13-14,17H2,1-2H3,(H,26,28). The molecule has 0 aliphatic carbocycles. The molecule has 1 saturated heterocycles. The van der Waals surface area contributed by atoms with Gasteiger partial charge in [-0.25, -0.2) is 4.79 Å². The van der Waals surface area contributed by atoms with E-state index in [2.05, 4.69) is 5.32 Å². The van der Waals surface area contributed by atoms with Crippen LogP contribution in [0.2, 0.25) is 0 Å². The minimum Gasteiger partial charge on any atom is -0.497 e. The maximum absolute atomic E-state index is 13.0. The lowest BCUT2D eigenvalue weighted by Gasteiger charge is -2.25. The Balaban J connectivity index is 1.50. The first-order valence-corrected chi connectivity index (χ1v) is 11.4. The van der Waals surface area contributed by atoms with Gasteiger partial charge in [-0.15, -0.1) is 11.8 Å². The summed E-state index contributed by atoms with van der Waals surface area (Å²) in [7, 11) is 3.23. The van der Waals surface area contributed by atoms with Crippen molar-refractivity contribution >= 4 is 23.5 Å². The SMILES string of the molecule is COc1cccc(NC(=O)N2CCSC2c2ccc(OC)c(OCc3ccccc3)c2)c1. The molecule has 1 aliphatic heterocycles. The Morgan fingerprint density at radius 3 is 2.62 bits per heavy atom. The summed E-state index contributed by atoms with van der Waals surface area (Å²) >= 11 is 1.73. The predicted molar refractivity (Wildman–Crippen MR) is 128 cm³/mol. The molecule has 32 heavy (non-hydrogen) atoms. The lowest BCUT2D eigenvalue weighted by Crippen LogP contribution is -2.34. The molecule has 1 heterocycles.